The lowest BCUT2D eigenvalue weighted by atomic mass is 9.48. The van der Waals surface area contributed by atoms with Gasteiger partial charge in [-0.25, -0.2) is 0 Å². The van der Waals surface area contributed by atoms with Gasteiger partial charge in [-0.1, -0.05) is 65.2 Å². The van der Waals surface area contributed by atoms with Crippen molar-refractivity contribution in [2.45, 2.75) is 123 Å². The van der Waals surface area contributed by atoms with E-state index < -0.39 is 0 Å². The second kappa shape index (κ2) is 9.75. The van der Waals surface area contributed by atoms with Gasteiger partial charge in [0.1, 0.15) is 0 Å². The van der Waals surface area contributed by atoms with E-state index in [1.165, 1.54) is 83.5 Å². The van der Waals surface area contributed by atoms with Crippen molar-refractivity contribution in [3.8, 4) is 6.07 Å². The molecule has 8 atom stereocenters. The highest BCUT2D eigenvalue weighted by atomic mass is 14.6. The quantitative estimate of drug-likeness (QED) is 0.395. The summed E-state index contributed by atoms with van der Waals surface area (Å²) in [4.78, 5) is 0. The first kappa shape index (κ1) is 21.7. The Labute approximate surface area is 181 Å². The van der Waals surface area contributed by atoms with Gasteiger partial charge in [-0.2, -0.15) is 5.26 Å². The maximum Gasteiger partial charge on any atom is 0.0689 e. The summed E-state index contributed by atoms with van der Waals surface area (Å²) in [6, 6.07) is 2.76. The van der Waals surface area contributed by atoms with Crippen molar-refractivity contribution >= 4 is 0 Å². The Kier molecular flexibility index (Phi) is 7.30. The fourth-order valence-electron chi connectivity index (χ4n) is 8.84. The lowest BCUT2D eigenvalue weighted by Crippen LogP contribution is -2.49. The molecule has 1 heteroatoms. The highest BCUT2D eigenvalue weighted by molar-refractivity contribution is 5.07. The molecule has 0 aromatic heterocycles. The van der Waals surface area contributed by atoms with Crippen LogP contribution in [0.25, 0.3) is 0 Å². The maximum absolute atomic E-state index is 9.82. The minimum atomic E-state index is 0.0267. The van der Waals surface area contributed by atoms with E-state index in [0.29, 0.717) is 0 Å². The lowest BCUT2D eigenvalue weighted by molar-refractivity contribution is -0.0713. The Morgan fingerprint density at radius 3 is 2.28 bits per heavy atom. The molecule has 0 saturated heterocycles. The lowest BCUT2D eigenvalue weighted by Gasteiger charge is -2.57. The van der Waals surface area contributed by atoms with Crippen molar-refractivity contribution < 1.29 is 0 Å². The molecule has 0 spiro atoms. The van der Waals surface area contributed by atoms with Crippen molar-refractivity contribution in [2.24, 2.45) is 46.8 Å². The first-order valence-corrected chi connectivity index (χ1v) is 13.6. The minimum Gasteiger partial charge on any atom is -0.198 e. The monoisotopic (exact) mass is 397 g/mol. The highest BCUT2D eigenvalue weighted by Crippen LogP contribution is 2.60. The van der Waals surface area contributed by atoms with E-state index in [0.717, 1.165) is 47.8 Å². The largest absolute Gasteiger partial charge is 0.198 e. The van der Waals surface area contributed by atoms with Gasteiger partial charge in [0, 0.05) is 0 Å². The van der Waals surface area contributed by atoms with Crippen LogP contribution >= 0.6 is 0 Å². The molecule has 4 fully saturated rings. The van der Waals surface area contributed by atoms with Crippen molar-refractivity contribution in [1.82, 2.24) is 0 Å². The van der Waals surface area contributed by atoms with E-state index in [4.69, 9.17) is 0 Å². The van der Waals surface area contributed by atoms with Gasteiger partial charge in [0.05, 0.1) is 11.5 Å². The molecule has 29 heavy (non-hydrogen) atoms. The summed E-state index contributed by atoms with van der Waals surface area (Å²) >= 11 is 0. The summed E-state index contributed by atoms with van der Waals surface area (Å²) in [6.07, 6.45) is 24.3. The van der Waals surface area contributed by atoms with Gasteiger partial charge < -0.3 is 0 Å². The van der Waals surface area contributed by atoms with Gasteiger partial charge in [-0.15, -0.1) is 0 Å². The summed E-state index contributed by atoms with van der Waals surface area (Å²) in [6.45, 7) is 4.58. The van der Waals surface area contributed by atoms with E-state index >= 15 is 0 Å². The first-order valence-electron chi connectivity index (χ1n) is 13.6. The van der Waals surface area contributed by atoms with Crippen LogP contribution in [0.15, 0.2) is 0 Å². The summed E-state index contributed by atoms with van der Waals surface area (Å²) in [5, 5.41) is 9.82. The Hall–Kier alpha value is -0.510. The number of hydrogen-bond donors (Lipinski definition) is 0. The topological polar surface area (TPSA) is 23.8 Å². The molecule has 0 aromatic carbocycles. The zero-order chi connectivity index (χ0) is 20.3. The van der Waals surface area contributed by atoms with Gasteiger partial charge in [-0.05, 0) is 99.2 Å². The zero-order valence-corrected chi connectivity index (χ0v) is 19.5. The van der Waals surface area contributed by atoms with Crippen molar-refractivity contribution in [1.29, 1.82) is 5.26 Å². The average molecular weight is 398 g/mol. The molecule has 1 nitrogen and oxygen atoms in total. The normalized spacial score (nSPS) is 44.2. The molecular weight excluding hydrogens is 350 g/mol. The number of rotatable bonds is 7. The second-order valence-electron chi connectivity index (χ2n) is 11.6. The number of unbranched alkanes of at least 4 members (excludes halogenated alkanes) is 4. The highest BCUT2D eigenvalue weighted by Gasteiger charge is 2.52. The van der Waals surface area contributed by atoms with Crippen molar-refractivity contribution in [2.75, 3.05) is 0 Å². The number of hydrogen-bond acceptors (Lipinski definition) is 1. The van der Waals surface area contributed by atoms with Crippen LogP contribution in [0, 0.1) is 58.2 Å². The standard InChI is InChI=1S/C28H47N/c1-3-5-6-7-8-10-21-11-9-12-25-23(21)15-16-26-24-17-18-28(4-2,20-29)19-22(24)13-14-27(25)26/h21-27H,3-19H2,1-2H3/t21-,22?,23?,24?,25?,26?,27?,28-/m0/s1. The SMILES string of the molecule is CCCCCCC[C@H]1CCCC2C3CCC4C[C@](C#N)(CC)CCC4C3CCC21. The predicted molar refractivity (Wildman–Crippen MR) is 122 cm³/mol. The van der Waals surface area contributed by atoms with Gasteiger partial charge in [0.25, 0.3) is 0 Å². The Morgan fingerprint density at radius 2 is 1.48 bits per heavy atom. The molecule has 4 rings (SSSR count). The van der Waals surface area contributed by atoms with E-state index in [-0.39, 0.29) is 5.41 Å². The van der Waals surface area contributed by atoms with Gasteiger partial charge in [0.15, 0.2) is 0 Å². The number of nitrogens with zero attached hydrogens (tertiary/aromatic N) is 1. The Balaban J connectivity index is 1.36. The van der Waals surface area contributed by atoms with Crippen LogP contribution < -0.4 is 0 Å². The smallest absolute Gasteiger partial charge is 0.0689 e. The number of fused-ring (bicyclic) bond motifs is 5. The van der Waals surface area contributed by atoms with Gasteiger partial charge in [0.2, 0.25) is 0 Å². The van der Waals surface area contributed by atoms with Crippen LogP contribution in [0.2, 0.25) is 0 Å². The summed E-state index contributed by atoms with van der Waals surface area (Å²) in [7, 11) is 0. The van der Waals surface area contributed by atoms with Gasteiger partial charge >= 0.3 is 0 Å². The van der Waals surface area contributed by atoms with E-state index in [2.05, 4.69) is 19.9 Å². The Bertz CT molecular complexity index is 561. The molecule has 4 saturated carbocycles. The van der Waals surface area contributed by atoms with Crippen molar-refractivity contribution in [3.63, 3.8) is 0 Å². The molecule has 4 aliphatic carbocycles. The van der Waals surface area contributed by atoms with E-state index in [1.54, 1.807) is 19.3 Å². The Morgan fingerprint density at radius 1 is 0.759 bits per heavy atom. The summed E-state index contributed by atoms with van der Waals surface area (Å²) in [5.74, 6) is 7.12. The van der Waals surface area contributed by atoms with Crippen LogP contribution in [0.3, 0.4) is 0 Å². The number of nitriles is 1. The molecule has 0 radical (unpaired) electrons. The van der Waals surface area contributed by atoms with Crippen LogP contribution in [0.1, 0.15) is 123 Å². The summed E-state index contributed by atoms with van der Waals surface area (Å²) in [5.41, 5.74) is 0.0267. The molecule has 0 aliphatic heterocycles. The molecule has 0 bridgehead atoms. The van der Waals surface area contributed by atoms with E-state index in [1.807, 2.05) is 0 Å². The second-order valence-corrected chi connectivity index (χ2v) is 11.6. The molecular formula is C28H47N. The third-order valence-electron chi connectivity index (χ3n) is 10.4. The zero-order valence-electron chi connectivity index (χ0n) is 19.5. The minimum absolute atomic E-state index is 0.0267. The fraction of sp³-hybridized carbons (Fsp3) is 0.964. The molecule has 0 heterocycles. The van der Waals surface area contributed by atoms with Crippen molar-refractivity contribution in [3.05, 3.63) is 0 Å². The van der Waals surface area contributed by atoms with Crippen LogP contribution in [0.5, 0.6) is 0 Å². The molecule has 0 amide bonds. The van der Waals surface area contributed by atoms with Crippen LogP contribution in [-0.2, 0) is 0 Å². The average Bonchev–Trinajstić information content (AvgIpc) is 2.78. The van der Waals surface area contributed by atoms with E-state index in [9.17, 15) is 5.26 Å². The summed E-state index contributed by atoms with van der Waals surface area (Å²) < 4.78 is 0. The van der Waals surface area contributed by atoms with Crippen LogP contribution in [-0.4, -0.2) is 0 Å². The molecule has 4 aliphatic rings. The molecule has 0 aromatic rings. The maximum atomic E-state index is 9.82. The molecule has 6 unspecified atom stereocenters. The predicted octanol–water partition coefficient (Wildman–Crippen LogP) is 8.54. The third-order valence-corrected chi connectivity index (χ3v) is 10.4. The molecule has 164 valence electrons. The first-order chi connectivity index (χ1) is 14.2. The van der Waals surface area contributed by atoms with Crippen LogP contribution in [0.4, 0.5) is 0 Å². The molecule has 0 N–H and O–H groups in total. The third kappa shape index (κ3) is 4.43. The fourth-order valence-corrected chi connectivity index (χ4v) is 8.84. The van der Waals surface area contributed by atoms with Gasteiger partial charge in [-0.3, -0.25) is 0 Å².